The van der Waals surface area contributed by atoms with Crippen molar-refractivity contribution in [3.8, 4) is 16.9 Å². The molecule has 2 aliphatic rings. The second-order valence-corrected chi connectivity index (χ2v) is 10.2. The number of aromatic nitrogens is 4. The van der Waals surface area contributed by atoms with Crippen molar-refractivity contribution in [2.24, 2.45) is 5.92 Å². The van der Waals surface area contributed by atoms with Crippen molar-refractivity contribution >= 4 is 17.9 Å². The summed E-state index contributed by atoms with van der Waals surface area (Å²) in [6, 6.07) is 7.67. The number of urea groups is 1. The van der Waals surface area contributed by atoms with Crippen LogP contribution in [0.5, 0.6) is 5.75 Å². The minimum absolute atomic E-state index is 0.0474. The molecule has 2 aromatic heterocycles. The van der Waals surface area contributed by atoms with Gasteiger partial charge in [0.15, 0.2) is 0 Å². The van der Waals surface area contributed by atoms with Crippen LogP contribution >= 0.6 is 0 Å². The van der Waals surface area contributed by atoms with Crippen LogP contribution in [0.25, 0.3) is 11.1 Å². The van der Waals surface area contributed by atoms with Crippen LogP contribution in [0.2, 0.25) is 0 Å². The van der Waals surface area contributed by atoms with Crippen LogP contribution in [-0.2, 0) is 11.3 Å². The lowest BCUT2D eigenvalue weighted by Crippen LogP contribution is -2.55. The number of nitrogens with one attached hydrogen (secondary N) is 1. The molecule has 0 atom stereocenters. The average molecular weight is 504 g/mol. The number of aryl methyl sites for hydroxylation is 1. The zero-order valence-corrected chi connectivity index (χ0v) is 21.8. The number of nitrogens with zero attached hydrogens (tertiary/aromatic N) is 6. The summed E-state index contributed by atoms with van der Waals surface area (Å²) in [6.07, 6.45) is 6.66. The molecule has 194 valence electrons. The number of amides is 3. The SMILES string of the molecule is COc1cccc(CN2C(=O)N(c3ncc(-c4cn[nH]c4)c(C)n3)CC23CCN(C(=O)C(C)C)CC3)c1. The number of carbonyl (C=O) groups is 2. The van der Waals surface area contributed by atoms with Crippen LogP contribution in [0.1, 0.15) is 37.9 Å². The van der Waals surface area contributed by atoms with E-state index in [-0.39, 0.29) is 17.9 Å². The number of rotatable bonds is 6. The van der Waals surface area contributed by atoms with Crippen LogP contribution in [0.4, 0.5) is 10.7 Å². The minimum Gasteiger partial charge on any atom is -0.497 e. The molecule has 0 bridgehead atoms. The Morgan fingerprint density at radius 3 is 2.65 bits per heavy atom. The first-order valence-electron chi connectivity index (χ1n) is 12.6. The first-order chi connectivity index (χ1) is 17.8. The van der Waals surface area contributed by atoms with Gasteiger partial charge in [-0.15, -0.1) is 0 Å². The van der Waals surface area contributed by atoms with Gasteiger partial charge < -0.3 is 14.5 Å². The van der Waals surface area contributed by atoms with E-state index in [1.54, 1.807) is 30.6 Å². The zero-order chi connectivity index (χ0) is 26.2. The quantitative estimate of drug-likeness (QED) is 0.550. The number of benzene rings is 1. The van der Waals surface area contributed by atoms with Crippen molar-refractivity contribution in [3.63, 3.8) is 0 Å². The molecule has 2 fully saturated rings. The molecule has 1 spiro atoms. The van der Waals surface area contributed by atoms with E-state index in [1.165, 1.54) is 0 Å². The Morgan fingerprint density at radius 2 is 2.00 bits per heavy atom. The minimum atomic E-state index is -0.422. The molecule has 1 N–H and O–H groups in total. The summed E-state index contributed by atoms with van der Waals surface area (Å²) in [6.45, 7) is 7.91. The molecule has 0 saturated carbocycles. The fourth-order valence-corrected chi connectivity index (χ4v) is 5.34. The number of likely N-dealkylation sites (tertiary alicyclic amines) is 1. The number of hydrogen-bond acceptors (Lipinski definition) is 6. The van der Waals surface area contributed by atoms with Gasteiger partial charge in [-0.05, 0) is 37.5 Å². The van der Waals surface area contributed by atoms with E-state index in [1.807, 2.05) is 54.8 Å². The van der Waals surface area contributed by atoms with E-state index >= 15 is 0 Å². The molecule has 4 heterocycles. The third-order valence-electron chi connectivity index (χ3n) is 7.48. The van der Waals surface area contributed by atoms with Crippen molar-refractivity contribution in [1.82, 2.24) is 30.0 Å². The van der Waals surface area contributed by atoms with Crippen LogP contribution in [0.3, 0.4) is 0 Å². The number of methoxy groups -OCH3 is 1. The Bertz CT molecular complexity index is 1280. The number of carbonyl (C=O) groups excluding carboxylic acids is 2. The molecule has 10 nitrogen and oxygen atoms in total. The van der Waals surface area contributed by atoms with E-state index in [0.29, 0.717) is 45.0 Å². The van der Waals surface area contributed by atoms with Crippen LogP contribution in [0, 0.1) is 12.8 Å². The Kier molecular flexibility index (Phi) is 6.57. The first-order valence-corrected chi connectivity index (χ1v) is 12.6. The Hall–Kier alpha value is -3.95. The summed E-state index contributed by atoms with van der Waals surface area (Å²) in [5.41, 5.74) is 3.11. The second-order valence-electron chi connectivity index (χ2n) is 10.2. The molecule has 5 rings (SSSR count). The molecular formula is C27H33N7O3. The fourth-order valence-electron chi connectivity index (χ4n) is 5.34. The molecular weight excluding hydrogens is 470 g/mol. The number of aromatic amines is 1. The van der Waals surface area contributed by atoms with E-state index in [4.69, 9.17) is 9.72 Å². The van der Waals surface area contributed by atoms with Gasteiger partial charge in [0, 0.05) is 49.1 Å². The molecule has 3 aromatic rings. The lowest BCUT2D eigenvalue weighted by atomic mass is 9.86. The Labute approximate surface area is 216 Å². The molecule has 0 radical (unpaired) electrons. The predicted octanol–water partition coefficient (Wildman–Crippen LogP) is 3.64. The molecule has 10 heteroatoms. The summed E-state index contributed by atoms with van der Waals surface area (Å²) in [4.78, 5) is 41.4. The first kappa shape index (κ1) is 24.7. The van der Waals surface area contributed by atoms with E-state index in [0.717, 1.165) is 28.1 Å². The summed E-state index contributed by atoms with van der Waals surface area (Å²) in [5.74, 6) is 1.25. The van der Waals surface area contributed by atoms with E-state index in [2.05, 4.69) is 15.2 Å². The molecule has 2 saturated heterocycles. The van der Waals surface area contributed by atoms with E-state index in [9.17, 15) is 9.59 Å². The number of H-pyrrole nitrogens is 1. The lowest BCUT2D eigenvalue weighted by molar-refractivity contribution is -0.136. The summed E-state index contributed by atoms with van der Waals surface area (Å²) < 4.78 is 5.41. The third kappa shape index (κ3) is 4.63. The fraction of sp³-hybridized carbons (Fsp3) is 0.444. The van der Waals surface area contributed by atoms with Crippen molar-refractivity contribution in [1.29, 1.82) is 0 Å². The van der Waals surface area contributed by atoms with Crippen LogP contribution in [0.15, 0.2) is 42.9 Å². The standard InChI is InChI=1S/C27H33N7O3/c1-18(2)24(35)32-10-8-27(9-11-32)17-33(25-28-15-23(19(3)31-25)21-13-29-30-14-21)26(36)34(27)16-20-6-5-7-22(12-20)37-4/h5-7,12-15,18H,8-11,16-17H2,1-4H3,(H,29,30). The smallest absolute Gasteiger partial charge is 0.327 e. The topological polar surface area (TPSA) is 108 Å². The molecule has 2 aliphatic heterocycles. The summed E-state index contributed by atoms with van der Waals surface area (Å²) in [7, 11) is 1.64. The highest BCUT2D eigenvalue weighted by molar-refractivity contribution is 5.94. The van der Waals surface area contributed by atoms with Gasteiger partial charge in [-0.25, -0.2) is 14.8 Å². The van der Waals surface area contributed by atoms with Crippen LogP contribution < -0.4 is 9.64 Å². The molecule has 0 unspecified atom stereocenters. The predicted molar refractivity (Wildman–Crippen MR) is 139 cm³/mol. The molecule has 37 heavy (non-hydrogen) atoms. The van der Waals surface area contributed by atoms with Gasteiger partial charge in [-0.2, -0.15) is 5.10 Å². The lowest BCUT2D eigenvalue weighted by Gasteiger charge is -2.44. The highest BCUT2D eigenvalue weighted by Gasteiger charge is 2.52. The normalized spacial score (nSPS) is 17.2. The maximum atomic E-state index is 13.9. The maximum Gasteiger partial charge on any atom is 0.327 e. The van der Waals surface area contributed by atoms with E-state index < -0.39 is 5.54 Å². The summed E-state index contributed by atoms with van der Waals surface area (Å²) in [5, 5.41) is 6.82. The van der Waals surface area contributed by atoms with Crippen molar-refractivity contribution in [2.45, 2.75) is 45.7 Å². The van der Waals surface area contributed by atoms with Gasteiger partial charge in [0.1, 0.15) is 5.75 Å². The van der Waals surface area contributed by atoms with Crippen molar-refractivity contribution in [3.05, 3.63) is 54.1 Å². The molecule has 3 amide bonds. The van der Waals surface area contributed by atoms with Gasteiger partial charge in [0.05, 0.1) is 31.1 Å². The van der Waals surface area contributed by atoms with Crippen molar-refractivity contribution < 1.29 is 14.3 Å². The maximum absolute atomic E-state index is 13.9. The summed E-state index contributed by atoms with van der Waals surface area (Å²) >= 11 is 0. The number of hydrogen-bond donors (Lipinski definition) is 1. The van der Waals surface area contributed by atoms with Gasteiger partial charge in [-0.1, -0.05) is 26.0 Å². The number of piperidine rings is 1. The monoisotopic (exact) mass is 503 g/mol. The Balaban J connectivity index is 1.45. The van der Waals surface area contributed by atoms with Crippen LogP contribution in [-0.4, -0.2) is 74.2 Å². The van der Waals surface area contributed by atoms with Gasteiger partial charge in [0.2, 0.25) is 11.9 Å². The largest absolute Gasteiger partial charge is 0.497 e. The highest BCUT2D eigenvalue weighted by Crippen LogP contribution is 2.39. The number of anilines is 1. The van der Waals surface area contributed by atoms with Crippen molar-refractivity contribution in [2.75, 3.05) is 31.6 Å². The molecule has 1 aromatic carbocycles. The average Bonchev–Trinajstić information content (AvgIpc) is 3.52. The Morgan fingerprint density at radius 1 is 1.22 bits per heavy atom. The molecule has 0 aliphatic carbocycles. The second kappa shape index (κ2) is 9.84. The highest BCUT2D eigenvalue weighted by atomic mass is 16.5. The van der Waals surface area contributed by atoms with Gasteiger partial charge in [0.25, 0.3) is 0 Å². The van der Waals surface area contributed by atoms with Gasteiger partial charge in [-0.3, -0.25) is 14.8 Å². The zero-order valence-electron chi connectivity index (χ0n) is 21.8. The van der Waals surface area contributed by atoms with Gasteiger partial charge >= 0.3 is 6.03 Å². The third-order valence-corrected chi connectivity index (χ3v) is 7.48. The number of ether oxygens (including phenoxy) is 1.